The van der Waals surface area contributed by atoms with Gasteiger partial charge in [0, 0.05) is 25.0 Å². The SMILES string of the molecule is CNC(=O)[C@H](Cc1ccccc1)N(Cc1cccc(OC)c1)C(=O)COc1cccc(Cl)c1. The molecule has 0 radical (unpaired) electrons. The Morgan fingerprint density at radius 3 is 2.33 bits per heavy atom. The lowest BCUT2D eigenvalue weighted by atomic mass is 10.0. The van der Waals surface area contributed by atoms with Crippen LogP contribution in [0.2, 0.25) is 5.02 Å². The van der Waals surface area contributed by atoms with Gasteiger partial charge in [-0.1, -0.05) is 60.1 Å². The van der Waals surface area contributed by atoms with Crippen molar-refractivity contribution in [2.45, 2.75) is 19.0 Å². The molecule has 3 rings (SSSR count). The second-order valence-electron chi connectivity index (χ2n) is 7.44. The highest BCUT2D eigenvalue weighted by molar-refractivity contribution is 6.30. The number of benzene rings is 3. The van der Waals surface area contributed by atoms with E-state index in [0.29, 0.717) is 22.9 Å². The van der Waals surface area contributed by atoms with Crippen molar-refractivity contribution in [2.75, 3.05) is 20.8 Å². The minimum absolute atomic E-state index is 0.222. The van der Waals surface area contributed by atoms with Crippen molar-refractivity contribution in [1.29, 1.82) is 0 Å². The van der Waals surface area contributed by atoms with Crippen LogP contribution in [0.15, 0.2) is 78.9 Å². The summed E-state index contributed by atoms with van der Waals surface area (Å²) in [6.45, 7) is -0.00749. The smallest absolute Gasteiger partial charge is 0.261 e. The zero-order valence-electron chi connectivity index (χ0n) is 18.7. The van der Waals surface area contributed by atoms with Crippen LogP contribution in [-0.2, 0) is 22.6 Å². The molecule has 3 aromatic rings. The summed E-state index contributed by atoms with van der Waals surface area (Å²) < 4.78 is 11.0. The molecule has 7 heteroatoms. The molecule has 0 saturated carbocycles. The van der Waals surface area contributed by atoms with Gasteiger partial charge >= 0.3 is 0 Å². The minimum atomic E-state index is -0.723. The first-order chi connectivity index (χ1) is 16.0. The van der Waals surface area contributed by atoms with Crippen LogP contribution in [0, 0.1) is 0 Å². The molecule has 0 saturated heterocycles. The fraction of sp³-hybridized carbons (Fsp3) is 0.231. The number of hydrogen-bond donors (Lipinski definition) is 1. The molecular weight excluding hydrogens is 440 g/mol. The van der Waals surface area contributed by atoms with Crippen LogP contribution in [0.25, 0.3) is 0 Å². The predicted octanol–water partition coefficient (Wildman–Crippen LogP) is 4.11. The van der Waals surface area contributed by atoms with Crippen molar-refractivity contribution in [3.63, 3.8) is 0 Å². The standard InChI is InChI=1S/C26H27ClN2O4/c1-28-26(31)24(15-19-8-4-3-5-9-19)29(17-20-10-6-12-22(14-20)32-2)25(30)18-33-23-13-7-11-21(27)16-23/h3-14,16,24H,15,17-18H2,1-2H3,(H,28,31)/t24-/m0/s1. The summed E-state index contributed by atoms with van der Waals surface area (Å²) in [7, 11) is 3.15. The van der Waals surface area contributed by atoms with Crippen molar-refractivity contribution in [3.05, 3.63) is 95.0 Å². The molecule has 0 aliphatic rings. The lowest BCUT2D eigenvalue weighted by molar-refractivity contribution is -0.142. The summed E-state index contributed by atoms with van der Waals surface area (Å²) in [5.74, 6) is 0.589. The maximum Gasteiger partial charge on any atom is 0.261 e. The van der Waals surface area contributed by atoms with E-state index in [1.807, 2.05) is 54.6 Å². The average Bonchev–Trinajstić information content (AvgIpc) is 2.85. The number of nitrogens with zero attached hydrogens (tertiary/aromatic N) is 1. The van der Waals surface area contributed by atoms with E-state index >= 15 is 0 Å². The van der Waals surface area contributed by atoms with Gasteiger partial charge in [0.15, 0.2) is 6.61 Å². The third-order valence-corrected chi connectivity index (χ3v) is 5.40. The van der Waals surface area contributed by atoms with Crippen molar-refractivity contribution in [1.82, 2.24) is 10.2 Å². The van der Waals surface area contributed by atoms with Crippen LogP contribution >= 0.6 is 11.6 Å². The lowest BCUT2D eigenvalue weighted by Gasteiger charge is -2.31. The number of amides is 2. The average molecular weight is 467 g/mol. The molecular formula is C26H27ClN2O4. The van der Waals surface area contributed by atoms with E-state index in [1.165, 1.54) is 0 Å². The summed E-state index contributed by atoms with van der Waals surface area (Å²) in [6, 6.07) is 23.2. The quantitative estimate of drug-likeness (QED) is 0.488. The van der Waals surface area contributed by atoms with Crippen LogP contribution in [0.4, 0.5) is 0 Å². The highest BCUT2D eigenvalue weighted by atomic mass is 35.5. The van der Waals surface area contributed by atoms with Gasteiger partial charge in [0.05, 0.1) is 7.11 Å². The van der Waals surface area contributed by atoms with E-state index in [1.54, 1.807) is 43.3 Å². The van der Waals surface area contributed by atoms with Crippen LogP contribution in [0.5, 0.6) is 11.5 Å². The van der Waals surface area contributed by atoms with Gasteiger partial charge in [-0.05, 0) is 41.5 Å². The number of halogens is 1. The second-order valence-corrected chi connectivity index (χ2v) is 7.88. The Labute approximate surface area is 199 Å². The van der Waals surface area contributed by atoms with Crippen molar-refractivity contribution in [2.24, 2.45) is 0 Å². The van der Waals surface area contributed by atoms with E-state index in [-0.39, 0.29) is 25.0 Å². The van der Waals surface area contributed by atoms with Gasteiger partial charge in [0.2, 0.25) is 5.91 Å². The van der Waals surface area contributed by atoms with Gasteiger partial charge < -0.3 is 19.7 Å². The molecule has 6 nitrogen and oxygen atoms in total. The Bertz CT molecular complexity index is 1070. The van der Waals surface area contributed by atoms with Crippen molar-refractivity contribution in [3.8, 4) is 11.5 Å². The Morgan fingerprint density at radius 1 is 0.939 bits per heavy atom. The first-order valence-corrected chi connectivity index (χ1v) is 10.9. The Balaban J connectivity index is 1.88. The first kappa shape index (κ1) is 24.1. The summed E-state index contributed by atoms with van der Waals surface area (Å²) in [5, 5.41) is 3.21. The van der Waals surface area contributed by atoms with Crippen molar-refractivity contribution >= 4 is 23.4 Å². The summed E-state index contributed by atoms with van der Waals surface area (Å²) >= 11 is 6.02. The number of ether oxygens (including phenoxy) is 2. The minimum Gasteiger partial charge on any atom is -0.497 e. The number of carbonyl (C=O) groups excluding carboxylic acids is 2. The number of nitrogens with one attached hydrogen (secondary N) is 1. The van der Waals surface area contributed by atoms with Crippen LogP contribution in [0.3, 0.4) is 0 Å². The first-order valence-electron chi connectivity index (χ1n) is 10.6. The molecule has 33 heavy (non-hydrogen) atoms. The monoisotopic (exact) mass is 466 g/mol. The fourth-order valence-electron chi connectivity index (χ4n) is 3.47. The normalized spacial score (nSPS) is 11.4. The zero-order valence-corrected chi connectivity index (χ0v) is 19.4. The Hall–Kier alpha value is -3.51. The number of likely N-dealkylation sites (N-methyl/N-ethyl adjacent to an activating group) is 1. The van der Waals surface area contributed by atoms with Crippen LogP contribution in [-0.4, -0.2) is 43.5 Å². The summed E-state index contributed by atoms with van der Waals surface area (Å²) in [4.78, 5) is 27.8. The van der Waals surface area contributed by atoms with E-state index in [2.05, 4.69) is 5.32 Å². The van der Waals surface area contributed by atoms with Gasteiger partial charge in [0.25, 0.3) is 5.91 Å². The topological polar surface area (TPSA) is 67.9 Å². The number of hydrogen-bond acceptors (Lipinski definition) is 4. The third-order valence-electron chi connectivity index (χ3n) is 5.16. The molecule has 0 spiro atoms. The fourth-order valence-corrected chi connectivity index (χ4v) is 3.65. The maximum atomic E-state index is 13.4. The highest BCUT2D eigenvalue weighted by Crippen LogP contribution is 2.20. The molecule has 1 N–H and O–H groups in total. The van der Waals surface area contributed by atoms with Gasteiger partial charge in [-0.2, -0.15) is 0 Å². The summed E-state index contributed by atoms with van der Waals surface area (Å²) in [6.07, 6.45) is 0.368. The molecule has 0 aliphatic heterocycles. The van der Waals surface area contributed by atoms with E-state index in [9.17, 15) is 9.59 Å². The lowest BCUT2D eigenvalue weighted by Crippen LogP contribution is -2.51. The second kappa shape index (κ2) is 11.9. The van der Waals surface area contributed by atoms with E-state index < -0.39 is 6.04 Å². The van der Waals surface area contributed by atoms with Gasteiger partial charge in [0.1, 0.15) is 17.5 Å². The third kappa shape index (κ3) is 6.99. The number of rotatable bonds is 10. The molecule has 0 bridgehead atoms. The van der Waals surface area contributed by atoms with Crippen molar-refractivity contribution < 1.29 is 19.1 Å². The van der Waals surface area contributed by atoms with E-state index in [0.717, 1.165) is 11.1 Å². The predicted molar refractivity (Wildman–Crippen MR) is 128 cm³/mol. The summed E-state index contributed by atoms with van der Waals surface area (Å²) in [5.41, 5.74) is 1.79. The number of methoxy groups -OCH3 is 1. The van der Waals surface area contributed by atoms with Gasteiger partial charge in [-0.15, -0.1) is 0 Å². The van der Waals surface area contributed by atoms with Gasteiger partial charge in [-0.3, -0.25) is 9.59 Å². The molecule has 0 aromatic heterocycles. The molecule has 0 aliphatic carbocycles. The van der Waals surface area contributed by atoms with Crippen LogP contribution < -0.4 is 14.8 Å². The maximum absolute atomic E-state index is 13.4. The van der Waals surface area contributed by atoms with Crippen LogP contribution in [0.1, 0.15) is 11.1 Å². The highest BCUT2D eigenvalue weighted by Gasteiger charge is 2.30. The molecule has 0 fully saturated rings. The molecule has 0 heterocycles. The Morgan fingerprint density at radius 2 is 1.64 bits per heavy atom. The molecule has 3 aromatic carbocycles. The largest absolute Gasteiger partial charge is 0.497 e. The van der Waals surface area contributed by atoms with E-state index in [4.69, 9.17) is 21.1 Å². The van der Waals surface area contributed by atoms with Gasteiger partial charge in [-0.25, -0.2) is 0 Å². The number of carbonyl (C=O) groups is 2. The Kier molecular flexibility index (Phi) is 8.72. The molecule has 2 amide bonds. The zero-order chi connectivity index (χ0) is 23.6. The molecule has 172 valence electrons. The molecule has 1 atom stereocenters. The molecule has 0 unspecified atom stereocenters.